The molecule has 0 unspecified atom stereocenters. The van der Waals surface area contributed by atoms with E-state index >= 15 is 0 Å². The third-order valence-corrected chi connectivity index (χ3v) is 6.91. The van der Waals surface area contributed by atoms with Crippen molar-refractivity contribution < 1.29 is 14.6 Å². The largest absolute Gasteiger partial charge is 0.478 e. The number of rotatable bonds is 7. The lowest BCUT2D eigenvalue weighted by atomic mass is 10.2. The number of fused-ring (bicyclic) bond motifs is 1. The second kappa shape index (κ2) is 7.34. The Morgan fingerprint density at radius 3 is 2.73 bits per heavy atom. The SMILES string of the molecule is Cc1cc(C(=O)O)c(-c2nc3ccccc3n2COCC[Si](C)(C)C)s1. The van der Waals surface area contributed by atoms with E-state index in [1.807, 2.05) is 35.8 Å². The number of ether oxygens (including phenoxy) is 1. The van der Waals surface area contributed by atoms with E-state index in [2.05, 4.69) is 19.6 Å². The number of carboxylic acids is 1. The van der Waals surface area contributed by atoms with Gasteiger partial charge in [-0.15, -0.1) is 11.3 Å². The predicted molar refractivity (Wildman–Crippen MR) is 109 cm³/mol. The second-order valence-electron chi connectivity index (χ2n) is 7.61. The molecule has 0 aliphatic carbocycles. The monoisotopic (exact) mass is 388 g/mol. The first-order valence-corrected chi connectivity index (χ1v) is 13.2. The lowest BCUT2D eigenvalue weighted by Gasteiger charge is -2.16. The zero-order valence-corrected chi connectivity index (χ0v) is 17.4. The van der Waals surface area contributed by atoms with Gasteiger partial charge in [0.15, 0.2) is 5.82 Å². The fourth-order valence-corrected chi connectivity index (χ4v) is 4.51. The molecule has 0 spiro atoms. The van der Waals surface area contributed by atoms with Crippen molar-refractivity contribution in [1.29, 1.82) is 0 Å². The maximum atomic E-state index is 11.6. The van der Waals surface area contributed by atoms with Crippen LogP contribution in [-0.4, -0.2) is 35.3 Å². The lowest BCUT2D eigenvalue weighted by Crippen LogP contribution is -2.22. The molecule has 3 rings (SSSR count). The van der Waals surface area contributed by atoms with E-state index in [9.17, 15) is 9.90 Å². The molecule has 0 bridgehead atoms. The number of aromatic carboxylic acids is 1. The van der Waals surface area contributed by atoms with Crippen LogP contribution in [0.25, 0.3) is 21.7 Å². The highest BCUT2D eigenvalue weighted by atomic mass is 32.1. The van der Waals surface area contributed by atoms with E-state index in [0.29, 0.717) is 29.6 Å². The van der Waals surface area contributed by atoms with Crippen LogP contribution in [0.4, 0.5) is 0 Å². The lowest BCUT2D eigenvalue weighted by molar-refractivity contribution is 0.0697. The van der Waals surface area contributed by atoms with Gasteiger partial charge in [-0.05, 0) is 31.2 Å². The van der Waals surface area contributed by atoms with Gasteiger partial charge in [-0.2, -0.15) is 0 Å². The summed E-state index contributed by atoms with van der Waals surface area (Å²) in [5.41, 5.74) is 2.10. The number of benzene rings is 1. The number of hydrogen-bond donors (Lipinski definition) is 1. The first-order chi connectivity index (χ1) is 12.3. The second-order valence-corrected chi connectivity index (χ2v) is 14.5. The van der Waals surface area contributed by atoms with Crippen LogP contribution in [0, 0.1) is 6.92 Å². The zero-order valence-electron chi connectivity index (χ0n) is 15.6. The van der Waals surface area contributed by atoms with Crippen LogP contribution in [0.15, 0.2) is 30.3 Å². The smallest absolute Gasteiger partial charge is 0.337 e. The Kier molecular flexibility index (Phi) is 5.31. The zero-order chi connectivity index (χ0) is 18.9. The van der Waals surface area contributed by atoms with Crippen molar-refractivity contribution in [2.45, 2.75) is 39.3 Å². The number of aryl methyl sites for hydroxylation is 1. The maximum absolute atomic E-state index is 11.6. The molecule has 138 valence electrons. The van der Waals surface area contributed by atoms with Crippen LogP contribution < -0.4 is 0 Å². The summed E-state index contributed by atoms with van der Waals surface area (Å²) < 4.78 is 7.93. The van der Waals surface area contributed by atoms with E-state index in [0.717, 1.165) is 22.0 Å². The van der Waals surface area contributed by atoms with Crippen LogP contribution in [-0.2, 0) is 11.5 Å². The van der Waals surface area contributed by atoms with Gasteiger partial charge < -0.3 is 9.84 Å². The Morgan fingerprint density at radius 2 is 2.04 bits per heavy atom. The highest BCUT2D eigenvalue weighted by Gasteiger charge is 2.21. The van der Waals surface area contributed by atoms with E-state index in [-0.39, 0.29) is 0 Å². The van der Waals surface area contributed by atoms with Crippen LogP contribution in [0.1, 0.15) is 15.2 Å². The number of aromatic nitrogens is 2. The van der Waals surface area contributed by atoms with Gasteiger partial charge in [-0.1, -0.05) is 31.8 Å². The van der Waals surface area contributed by atoms with Gasteiger partial charge in [-0.3, -0.25) is 4.57 Å². The normalized spacial score (nSPS) is 12.0. The standard InChI is InChI=1S/C19H24N2O3SSi/c1-13-11-14(19(22)23)17(25-13)18-20-15-7-5-6-8-16(15)21(18)12-24-9-10-26(2,3)4/h5-8,11H,9-10,12H2,1-4H3,(H,22,23). The van der Waals surface area contributed by atoms with E-state index in [1.54, 1.807) is 6.07 Å². The fraction of sp³-hybridized carbons (Fsp3) is 0.368. The highest BCUT2D eigenvalue weighted by Crippen LogP contribution is 2.34. The number of thiophene rings is 1. The van der Waals surface area contributed by atoms with Crippen molar-refractivity contribution >= 4 is 36.4 Å². The average molecular weight is 389 g/mol. The summed E-state index contributed by atoms with van der Waals surface area (Å²) >= 11 is 1.46. The third kappa shape index (κ3) is 4.06. The Labute approximate surface area is 158 Å². The average Bonchev–Trinajstić information content (AvgIpc) is 3.11. The maximum Gasteiger partial charge on any atom is 0.337 e. The van der Waals surface area contributed by atoms with Crippen LogP contribution in [0.2, 0.25) is 25.7 Å². The van der Waals surface area contributed by atoms with Crippen LogP contribution >= 0.6 is 11.3 Å². The number of para-hydroxylation sites is 2. The molecule has 26 heavy (non-hydrogen) atoms. The quantitative estimate of drug-likeness (QED) is 0.453. The van der Waals surface area contributed by atoms with Gasteiger partial charge in [-0.25, -0.2) is 9.78 Å². The molecule has 0 saturated heterocycles. The summed E-state index contributed by atoms with van der Waals surface area (Å²) in [6.07, 6.45) is 0. The molecular weight excluding hydrogens is 364 g/mol. The number of hydrogen-bond acceptors (Lipinski definition) is 4. The van der Waals surface area contributed by atoms with E-state index in [4.69, 9.17) is 9.72 Å². The highest BCUT2D eigenvalue weighted by molar-refractivity contribution is 7.15. The van der Waals surface area contributed by atoms with Crippen molar-refractivity contribution in [3.63, 3.8) is 0 Å². The summed E-state index contributed by atoms with van der Waals surface area (Å²) in [5, 5.41) is 9.55. The van der Waals surface area contributed by atoms with Crippen molar-refractivity contribution in [2.24, 2.45) is 0 Å². The first kappa shape index (κ1) is 18.8. The Hall–Kier alpha value is -1.96. The number of imidazole rings is 1. The molecule has 0 atom stereocenters. The molecule has 0 fully saturated rings. The predicted octanol–water partition coefficient (Wildman–Crippen LogP) is 5.08. The molecule has 0 aliphatic heterocycles. The minimum atomic E-state index is -1.16. The van der Waals surface area contributed by atoms with Crippen molar-refractivity contribution in [3.8, 4) is 10.7 Å². The number of nitrogens with zero attached hydrogens (tertiary/aromatic N) is 2. The molecule has 1 N–H and O–H groups in total. The molecule has 0 aliphatic rings. The Balaban J connectivity index is 1.99. The molecule has 0 amide bonds. The molecule has 5 nitrogen and oxygen atoms in total. The van der Waals surface area contributed by atoms with Crippen molar-refractivity contribution in [2.75, 3.05) is 6.61 Å². The summed E-state index contributed by atoms with van der Waals surface area (Å²) in [6, 6.07) is 10.6. The number of carbonyl (C=O) groups is 1. The molecule has 7 heteroatoms. The fourth-order valence-electron chi connectivity index (χ4n) is 2.75. The van der Waals surface area contributed by atoms with Gasteiger partial charge in [0.1, 0.15) is 6.73 Å². The Morgan fingerprint density at radius 1 is 1.31 bits per heavy atom. The summed E-state index contributed by atoms with van der Waals surface area (Å²) in [6.45, 7) is 9.96. The minimum absolute atomic E-state index is 0.297. The van der Waals surface area contributed by atoms with Gasteiger partial charge in [0.05, 0.1) is 21.5 Å². The molecular formula is C19H24N2O3SSi. The van der Waals surface area contributed by atoms with Crippen molar-refractivity contribution in [1.82, 2.24) is 9.55 Å². The number of carboxylic acid groups (broad SMARTS) is 1. The molecule has 0 saturated carbocycles. The van der Waals surface area contributed by atoms with E-state index < -0.39 is 14.0 Å². The van der Waals surface area contributed by atoms with Gasteiger partial charge >= 0.3 is 5.97 Å². The minimum Gasteiger partial charge on any atom is -0.478 e. The first-order valence-electron chi connectivity index (χ1n) is 8.63. The summed E-state index contributed by atoms with van der Waals surface area (Å²) in [5.74, 6) is -0.266. The van der Waals surface area contributed by atoms with E-state index in [1.165, 1.54) is 11.3 Å². The molecule has 1 aromatic carbocycles. The molecule has 3 aromatic rings. The van der Waals surface area contributed by atoms with Gasteiger partial charge in [0, 0.05) is 19.6 Å². The van der Waals surface area contributed by atoms with Crippen LogP contribution in [0.5, 0.6) is 0 Å². The van der Waals surface area contributed by atoms with Crippen LogP contribution in [0.3, 0.4) is 0 Å². The summed E-state index contributed by atoms with van der Waals surface area (Å²) in [4.78, 5) is 18.0. The van der Waals surface area contributed by atoms with Gasteiger partial charge in [0.2, 0.25) is 0 Å². The topological polar surface area (TPSA) is 64.3 Å². The molecule has 2 aromatic heterocycles. The molecule has 0 radical (unpaired) electrons. The van der Waals surface area contributed by atoms with Crippen molar-refractivity contribution in [3.05, 3.63) is 40.8 Å². The summed E-state index contributed by atoms with van der Waals surface area (Å²) in [7, 11) is -1.16. The molecule has 2 heterocycles. The Bertz CT molecular complexity index is 940. The van der Waals surface area contributed by atoms with Gasteiger partial charge in [0.25, 0.3) is 0 Å². The third-order valence-electron chi connectivity index (χ3n) is 4.16.